The lowest BCUT2D eigenvalue weighted by atomic mass is 9.49. The molecule has 94 heavy (non-hydrogen) atoms. The quantitative estimate of drug-likeness (QED) is 0.122. The molecule has 17 rings (SSSR count). The second-order valence-electron chi connectivity index (χ2n) is 28.5. The maximum Gasteiger partial charge on any atom is 0.495 e. The van der Waals surface area contributed by atoms with Gasteiger partial charge in [-0.25, -0.2) is 0 Å². The Balaban J connectivity index is 0.000000125. The molecule has 466 valence electrons. The number of halogens is 1. The van der Waals surface area contributed by atoms with Crippen LogP contribution in [0.25, 0.3) is 120 Å². The summed E-state index contributed by atoms with van der Waals surface area (Å²) in [6.45, 7) is 24.6. The van der Waals surface area contributed by atoms with E-state index in [1.807, 2.05) is 55.4 Å². The van der Waals surface area contributed by atoms with Crippen LogP contribution in [0.3, 0.4) is 0 Å². The van der Waals surface area contributed by atoms with Crippen molar-refractivity contribution in [1.82, 2.24) is 9.13 Å². The Morgan fingerprint density at radius 3 is 0.957 bits per heavy atom. The van der Waals surface area contributed by atoms with Crippen molar-refractivity contribution in [2.24, 2.45) is 0 Å². The van der Waals surface area contributed by atoms with Gasteiger partial charge in [0.2, 0.25) is 0 Å². The number of nitrogens with zero attached hydrogens (tertiary/aromatic N) is 2. The number of benzene rings is 12. The molecule has 3 aliphatic heterocycles. The molecule has 3 fully saturated rings. The van der Waals surface area contributed by atoms with Crippen LogP contribution < -0.4 is 5.46 Å². The molecule has 0 unspecified atom stereocenters. The van der Waals surface area contributed by atoms with Crippen molar-refractivity contribution in [3.8, 4) is 33.6 Å². The molecule has 12 aromatic carbocycles. The average molecular weight is 1300 g/mol. The first kappa shape index (κ1) is 61.9. The van der Waals surface area contributed by atoms with Crippen LogP contribution in [0.15, 0.2) is 247 Å². The second-order valence-corrected chi connectivity index (χ2v) is 29.3. The van der Waals surface area contributed by atoms with Crippen LogP contribution in [-0.2, 0) is 27.9 Å². The topological polar surface area (TPSA) is 65.2 Å². The van der Waals surface area contributed by atoms with Crippen LogP contribution in [-0.4, -0.2) is 63.9 Å². The SMILES string of the molecule is Brc1cccc2cc3c(-c4ccc(-n5c6ccccc6c6ccccc65)cc4)cccc3cc12.CC1(C)OB(B2OC(C)(C)C(C)(C)O2)OC1(C)C.CC1(C)OB(c2cccc3cc4c(-c5ccc(-n6c7ccccc7c7ccccc76)cc5)cccc4cc23)OC1(C)C. The van der Waals surface area contributed by atoms with E-state index < -0.39 is 21.1 Å². The van der Waals surface area contributed by atoms with Gasteiger partial charge in [-0.3, -0.25) is 0 Å². The fraction of sp³-hybridized carbons (Fsp3) is 0.220. The first-order valence-corrected chi connectivity index (χ1v) is 33.6. The van der Waals surface area contributed by atoms with Crippen LogP contribution >= 0.6 is 15.9 Å². The number of rotatable bonds is 6. The molecular formula is C82H76B3BrN2O6. The molecule has 3 aliphatic rings. The van der Waals surface area contributed by atoms with Gasteiger partial charge in [0.1, 0.15) is 0 Å². The molecule has 3 saturated heterocycles. The second kappa shape index (κ2) is 23.0. The van der Waals surface area contributed by atoms with E-state index >= 15 is 0 Å². The first-order valence-electron chi connectivity index (χ1n) is 32.8. The molecule has 5 heterocycles. The molecular weight excluding hydrogens is 1220 g/mol. The summed E-state index contributed by atoms with van der Waals surface area (Å²) in [6, 6.07) is 87.7. The Morgan fingerprint density at radius 1 is 0.277 bits per heavy atom. The lowest BCUT2D eigenvalue weighted by molar-refractivity contribution is 0.00578. The number of aromatic nitrogens is 2. The predicted octanol–water partition coefficient (Wildman–Crippen LogP) is 20.8. The zero-order chi connectivity index (χ0) is 65.3. The normalized spacial score (nSPS) is 17.6. The third-order valence-corrected chi connectivity index (χ3v) is 21.7. The molecule has 2 aromatic heterocycles. The van der Waals surface area contributed by atoms with E-state index in [0.29, 0.717) is 0 Å². The van der Waals surface area contributed by atoms with Crippen molar-refractivity contribution >= 4 is 129 Å². The van der Waals surface area contributed by atoms with Crippen molar-refractivity contribution in [1.29, 1.82) is 0 Å². The number of hydrogen-bond acceptors (Lipinski definition) is 6. The Hall–Kier alpha value is -8.29. The van der Waals surface area contributed by atoms with Gasteiger partial charge in [0.05, 0.1) is 55.7 Å². The molecule has 0 amide bonds. The van der Waals surface area contributed by atoms with Crippen molar-refractivity contribution in [2.75, 3.05) is 0 Å². The highest BCUT2D eigenvalue weighted by Gasteiger charge is 2.64. The fourth-order valence-corrected chi connectivity index (χ4v) is 14.2. The first-order chi connectivity index (χ1) is 45.0. The summed E-state index contributed by atoms with van der Waals surface area (Å²) >= 11 is 3.70. The minimum Gasteiger partial charge on any atom is -0.405 e. The summed E-state index contributed by atoms with van der Waals surface area (Å²) in [5, 5.41) is 14.9. The molecule has 0 N–H and O–H groups in total. The third kappa shape index (κ3) is 10.6. The number of fused-ring (bicyclic) bond motifs is 10. The smallest absolute Gasteiger partial charge is 0.405 e. The molecule has 14 aromatic rings. The van der Waals surface area contributed by atoms with E-state index in [4.69, 9.17) is 27.9 Å². The fourth-order valence-electron chi connectivity index (χ4n) is 13.7. The lowest BCUT2D eigenvalue weighted by Crippen LogP contribution is -2.41. The van der Waals surface area contributed by atoms with Gasteiger partial charge in [0.25, 0.3) is 0 Å². The summed E-state index contributed by atoms with van der Waals surface area (Å²) < 4.78 is 42.6. The van der Waals surface area contributed by atoms with Gasteiger partial charge in [-0.1, -0.05) is 180 Å². The molecule has 0 aliphatic carbocycles. The van der Waals surface area contributed by atoms with Gasteiger partial charge >= 0.3 is 21.1 Å². The van der Waals surface area contributed by atoms with Crippen molar-refractivity contribution < 1.29 is 27.9 Å². The summed E-state index contributed by atoms with van der Waals surface area (Å²) in [5.74, 6) is 0. The minimum atomic E-state index is -0.476. The summed E-state index contributed by atoms with van der Waals surface area (Å²) in [5.41, 5.74) is 11.0. The van der Waals surface area contributed by atoms with Crippen LogP contribution in [0.2, 0.25) is 0 Å². The van der Waals surface area contributed by atoms with Crippen molar-refractivity contribution in [3.05, 3.63) is 247 Å². The Labute approximate surface area is 560 Å². The lowest BCUT2D eigenvalue weighted by Gasteiger charge is -2.32. The van der Waals surface area contributed by atoms with Crippen LogP contribution in [0.1, 0.15) is 83.1 Å². The van der Waals surface area contributed by atoms with Crippen LogP contribution in [0, 0.1) is 0 Å². The summed E-state index contributed by atoms with van der Waals surface area (Å²) in [7, 11) is -1.35. The third-order valence-electron chi connectivity index (χ3n) is 21.0. The standard InChI is InChI=1S/C38H32BNO2.C32H20BrN.C12H24B2O4/c1-37(2)38(3,4)42-39(41-37)34-16-10-12-27-23-32-26(24-33(27)34)11-9-15-29(32)25-19-21-28(22-20-25)40-35-17-7-5-13-30(35)31-14-6-8-18-36(31)40;33-30-12-6-8-23-19-28-22(20-29(23)30)7-5-11-25(28)21-15-17-24(18-16-21)34-31-13-3-1-9-26(31)27-10-2-4-14-32(27)34;1-9(2)10(3,4)16-13(15-9)14-17-11(5,6)12(7,8)18-14/h5-24H,1-4H3;1-20H;1-8H3. The highest BCUT2D eigenvalue weighted by molar-refractivity contribution is 9.10. The van der Waals surface area contributed by atoms with Crippen LogP contribution in [0.5, 0.6) is 0 Å². The molecule has 0 saturated carbocycles. The largest absolute Gasteiger partial charge is 0.495 e. The zero-order valence-electron chi connectivity index (χ0n) is 55.5. The molecule has 0 bridgehead atoms. The van der Waals surface area contributed by atoms with Gasteiger partial charge < -0.3 is 37.1 Å². The molecule has 0 atom stereocenters. The van der Waals surface area contributed by atoms with Gasteiger partial charge in [-0.2, -0.15) is 0 Å². The van der Waals surface area contributed by atoms with E-state index in [1.54, 1.807) is 0 Å². The highest BCUT2D eigenvalue weighted by Crippen LogP contribution is 2.45. The van der Waals surface area contributed by atoms with E-state index in [-0.39, 0.29) is 33.6 Å². The van der Waals surface area contributed by atoms with E-state index in [1.165, 1.54) is 115 Å². The van der Waals surface area contributed by atoms with Gasteiger partial charge in [0.15, 0.2) is 0 Å². The monoisotopic (exact) mass is 1300 g/mol. The molecule has 8 nitrogen and oxygen atoms in total. The van der Waals surface area contributed by atoms with Crippen molar-refractivity contribution in [3.63, 3.8) is 0 Å². The Kier molecular flexibility index (Phi) is 15.1. The molecule has 0 spiro atoms. The van der Waals surface area contributed by atoms with Gasteiger partial charge in [-0.15, -0.1) is 0 Å². The molecule has 0 radical (unpaired) electrons. The van der Waals surface area contributed by atoms with Crippen molar-refractivity contribution in [2.45, 2.75) is 117 Å². The predicted molar refractivity (Wildman–Crippen MR) is 398 cm³/mol. The van der Waals surface area contributed by atoms with E-state index in [9.17, 15) is 0 Å². The average Bonchev–Trinajstić information content (AvgIpc) is 1.36. The summed E-state index contributed by atoms with van der Waals surface area (Å²) in [6.07, 6.45) is 0. The Morgan fingerprint density at radius 2 is 0.574 bits per heavy atom. The van der Waals surface area contributed by atoms with E-state index in [2.05, 4.69) is 295 Å². The van der Waals surface area contributed by atoms with Gasteiger partial charge in [-0.05, 0) is 233 Å². The number of hydrogen-bond donors (Lipinski definition) is 0. The van der Waals surface area contributed by atoms with Crippen LogP contribution in [0.4, 0.5) is 0 Å². The minimum absolute atomic E-state index is 0.360. The highest BCUT2D eigenvalue weighted by atomic mass is 79.9. The maximum absolute atomic E-state index is 6.43. The number of para-hydroxylation sites is 4. The Bertz CT molecular complexity index is 5100. The maximum atomic E-state index is 6.43. The zero-order valence-corrected chi connectivity index (χ0v) is 57.1. The summed E-state index contributed by atoms with van der Waals surface area (Å²) in [4.78, 5) is 0. The van der Waals surface area contributed by atoms with E-state index in [0.717, 1.165) is 15.6 Å². The van der Waals surface area contributed by atoms with Gasteiger partial charge in [0, 0.05) is 37.4 Å². The molecule has 12 heteroatoms.